The first kappa shape index (κ1) is 11.7. The van der Waals surface area contributed by atoms with Crippen LogP contribution in [-0.2, 0) is 9.59 Å². The number of hydrogen-bond donors (Lipinski definition) is 3. The SMILES string of the molecule is NC(CCC(=O)O)C(=O)NC1CC=CC1. The van der Waals surface area contributed by atoms with Gasteiger partial charge in [-0.25, -0.2) is 0 Å². The lowest BCUT2D eigenvalue weighted by atomic mass is 10.1. The van der Waals surface area contributed by atoms with E-state index in [0.717, 1.165) is 12.8 Å². The Kier molecular flexibility index (Phi) is 4.30. The van der Waals surface area contributed by atoms with Crippen LogP contribution in [0.25, 0.3) is 0 Å². The molecule has 5 nitrogen and oxygen atoms in total. The van der Waals surface area contributed by atoms with Crippen LogP contribution in [0.3, 0.4) is 0 Å². The molecular formula is C10H16N2O3. The molecule has 0 radical (unpaired) electrons. The number of hydrogen-bond acceptors (Lipinski definition) is 3. The first-order chi connectivity index (χ1) is 7.09. The smallest absolute Gasteiger partial charge is 0.303 e. The van der Waals surface area contributed by atoms with Crippen molar-refractivity contribution in [2.75, 3.05) is 0 Å². The number of aliphatic carboxylic acids is 1. The van der Waals surface area contributed by atoms with Gasteiger partial charge in [0.25, 0.3) is 0 Å². The van der Waals surface area contributed by atoms with Gasteiger partial charge in [0.15, 0.2) is 0 Å². The molecule has 1 atom stereocenters. The molecule has 0 bridgehead atoms. The van der Waals surface area contributed by atoms with Gasteiger partial charge in [-0.2, -0.15) is 0 Å². The van der Waals surface area contributed by atoms with Gasteiger partial charge in [0.1, 0.15) is 0 Å². The first-order valence-electron chi connectivity index (χ1n) is 5.02. The zero-order chi connectivity index (χ0) is 11.3. The van der Waals surface area contributed by atoms with Gasteiger partial charge in [-0.3, -0.25) is 9.59 Å². The molecule has 84 valence electrons. The maximum atomic E-state index is 11.5. The molecule has 0 spiro atoms. The second-order valence-electron chi connectivity index (χ2n) is 3.69. The lowest BCUT2D eigenvalue weighted by molar-refractivity contribution is -0.137. The van der Waals surface area contributed by atoms with Crippen molar-refractivity contribution in [2.24, 2.45) is 5.73 Å². The van der Waals surface area contributed by atoms with Crippen molar-refractivity contribution in [2.45, 2.75) is 37.8 Å². The van der Waals surface area contributed by atoms with Crippen LogP contribution in [0.4, 0.5) is 0 Å². The molecule has 5 heteroatoms. The summed E-state index contributed by atoms with van der Waals surface area (Å²) in [6, 6.07) is -0.588. The average molecular weight is 212 g/mol. The van der Waals surface area contributed by atoms with Gasteiger partial charge >= 0.3 is 5.97 Å². The van der Waals surface area contributed by atoms with E-state index in [1.54, 1.807) is 0 Å². The second-order valence-corrected chi connectivity index (χ2v) is 3.69. The van der Waals surface area contributed by atoms with Crippen LogP contribution in [0.15, 0.2) is 12.2 Å². The highest BCUT2D eigenvalue weighted by atomic mass is 16.4. The number of nitrogens with two attached hydrogens (primary N) is 1. The minimum absolute atomic E-state index is 0.0719. The van der Waals surface area contributed by atoms with Crippen LogP contribution in [0, 0.1) is 0 Å². The summed E-state index contributed by atoms with van der Waals surface area (Å²) >= 11 is 0. The molecule has 0 aliphatic heterocycles. The van der Waals surface area contributed by atoms with Gasteiger partial charge < -0.3 is 16.2 Å². The van der Waals surface area contributed by atoms with E-state index in [0.29, 0.717) is 0 Å². The normalized spacial score (nSPS) is 17.7. The van der Waals surface area contributed by atoms with Crippen molar-refractivity contribution in [1.29, 1.82) is 0 Å². The fraction of sp³-hybridized carbons (Fsp3) is 0.600. The van der Waals surface area contributed by atoms with Crippen LogP contribution >= 0.6 is 0 Å². The lowest BCUT2D eigenvalue weighted by Gasteiger charge is -2.15. The summed E-state index contributed by atoms with van der Waals surface area (Å²) in [5.41, 5.74) is 5.55. The quantitative estimate of drug-likeness (QED) is 0.560. The minimum Gasteiger partial charge on any atom is -0.481 e. The third kappa shape index (κ3) is 4.12. The molecule has 0 aromatic rings. The Morgan fingerprint density at radius 1 is 1.47 bits per heavy atom. The van der Waals surface area contributed by atoms with Crippen molar-refractivity contribution in [3.05, 3.63) is 12.2 Å². The van der Waals surface area contributed by atoms with Crippen molar-refractivity contribution >= 4 is 11.9 Å². The van der Waals surface area contributed by atoms with Gasteiger partial charge in [-0.15, -0.1) is 0 Å². The Balaban J connectivity index is 2.23. The van der Waals surface area contributed by atoms with Gasteiger partial charge in [0, 0.05) is 12.5 Å². The Hall–Kier alpha value is -1.36. The molecule has 15 heavy (non-hydrogen) atoms. The highest BCUT2D eigenvalue weighted by Gasteiger charge is 2.19. The Morgan fingerprint density at radius 3 is 2.60 bits per heavy atom. The number of amides is 1. The Labute approximate surface area is 88.3 Å². The van der Waals surface area contributed by atoms with Crippen LogP contribution < -0.4 is 11.1 Å². The molecule has 1 amide bonds. The van der Waals surface area contributed by atoms with Gasteiger partial charge in [0.05, 0.1) is 6.04 Å². The van der Waals surface area contributed by atoms with Gasteiger partial charge in [-0.05, 0) is 19.3 Å². The van der Waals surface area contributed by atoms with E-state index in [2.05, 4.69) is 5.32 Å². The highest BCUT2D eigenvalue weighted by Crippen LogP contribution is 2.09. The molecule has 0 saturated heterocycles. The van der Waals surface area contributed by atoms with E-state index in [1.807, 2.05) is 12.2 Å². The zero-order valence-electron chi connectivity index (χ0n) is 8.48. The highest BCUT2D eigenvalue weighted by molar-refractivity contribution is 5.82. The minimum atomic E-state index is -0.930. The van der Waals surface area contributed by atoms with E-state index in [4.69, 9.17) is 10.8 Å². The number of carboxylic acids is 1. The number of carboxylic acid groups (broad SMARTS) is 1. The second kappa shape index (κ2) is 5.50. The fourth-order valence-electron chi connectivity index (χ4n) is 1.45. The number of rotatable bonds is 5. The van der Waals surface area contributed by atoms with Gasteiger partial charge in [0.2, 0.25) is 5.91 Å². The van der Waals surface area contributed by atoms with Crippen molar-refractivity contribution in [1.82, 2.24) is 5.32 Å². The predicted octanol–water partition coefficient (Wildman–Crippen LogP) is 0.0133. The van der Waals surface area contributed by atoms with E-state index >= 15 is 0 Å². The molecule has 0 fully saturated rings. The largest absolute Gasteiger partial charge is 0.481 e. The van der Waals surface area contributed by atoms with E-state index < -0.39 is 12.0 Å². The summed E-state index contributed by atoms with van der Waals surface area (Å²) in [6.45, 7) is 0. The molecule has 1 aliphatic rings. The maximum Gasteiger partial charge on any atom is 0.303 e. The number of nitrogens with one attached hydrogen (secondary N) is 1. The molecule has 0 aromatic carbocycles. The van der Waals surface area contributed by atoms with Crippen molar-refractivity contribution in [3.8, 4) is 0 Å². The summed E-state index contributed by atoms with van der Waals surface area (Å²) in [6.07, 6.45) is 5.79. The third-order valence-corrected chi connectivity index (χ3v) is 2.36. The molecule has 0 aromatic heterocycles. The monoisotopic (exact) mass is 212 g/mol. The van der Waals surface area contributed by atoms with Crippen LogP contribution in [0.1, 0.15) is 25.7 Å². The van der Waals surface area contributed by atoms with E-state index in [1.165, 1.54) is 0 Å². The topological polar surface area (TPSA) is 92.4 Å². The summed E-state index contributed by atoms with van der Waals surface area (Å²) < 4.78 is 0. The summed E-state index contributed by atoms with van der Waals surface area (Å²) in [4.78, 5) is 21.7. The maximum absolute atomic E-state index is 11.5. The van der Waals surface area contributed by atoms with Crippen molar-refractivity contribution < 1.29 is 14.7 Å². The lowest BCUT2D eigenvalue weighted by Crippen LogP contribution is -2.44. The summed E-state index contributed by atoms with van der Waals surface area (Å²) in [5, 5.41) is 11.2. The first-order valence-corrected chi connectivity index (χ1v) is 5.02. The average Bonchev–Trinajstić information content (AvgIpc) is 2.66. The zero-order valence-corrected chi connectivity index (χ0v) is 8.48. The Bertz CT molecular complexity index is 268. The summed E-state index contributed by atoms with van der Waals surface area (Å²) in [7, 11) is 0. The van der Waals surface area contributed by atoms with Crippen molar-refractivity contribution in [3.63, 3.8) is 0 Å². The molecule has 4 N–H and O–H groups in total. The third-order valence-electron chi connectivity index (χ3n) is 2.36. The van der Waals surface area contributed by atoms with Crippen LogP contribution in [-0.4, -0.2) is 29.1 Å². The standard InChI is InChI=1S/C10H16N2O3/c11-8(5-6-9(13)14)10(15)12-7-3-1-2-4-7/h1-2,7-8H,3-6,11H2,(H,12,15)(H,13,14). The summed E-state index contributed by atoms with van der Waals surface area (Å²) in [5.74, 6) is -1.19. The Morgan fingerprint density at radius 2 is 2.07 bits per heavy atom. The molecular weight excluding hydrogens is 196 g/mol. The molecule has 0 saturated carbocycles. The predicted molar refractivity (Wildman–Crippen MR) is 55.1 cm³/mol. The molecule has 1 rings (SSSR count). The van der Waals surface area contributed by atoms with Crippen LogP contribution in [0.5, 0.6) is 0 Å². The fourth-order valence-corrected chi connectivity index (χ4v) is 1.45. The van der Waals surface area contributed by atoms with E-state index in [9.17, 15) is 9.59 Å². The van der Waals surface area contributed by atoms with Gasteiger partial charge in [-0.1, -0.05) is 12.2 Å². The molecule has 1 aliphatic carbocycles. The molecule has 0 heterocycles. The molecule has 1 unspecified atom stereocenters. The van der Waals surface area contributed by atoms with Crippen LogP contribution in [0.2, 0.25) is 0 Å². The number of carbonyl (C=O) groups excluding carboxylic acids is 1. The number of carbonyl (C=O) groups is 2. The van der Waals surface area contributed by atoms with E-state index in [-0.39, 0.29) is 24.8 Å².